The Labute approximate surface area is 109 Å². The van der Waals surface area contributed by atoms with Crippen LogP contribution in [0.2, 0.25) is 0 Å². The molecule has 1 aromatic heterocycles. The molecule has 17 heavy (non-hydrogen) atoms. The summed E-state index contributed by atoms with van der Waals surface area (Å²) in [6.45, 7) is 0. The molecule has 0 bridgehead atoms. The number of aromatic nitrogens is 1. The lowest BCUT2D eigenvalue weighted by Gasteiger charge is -2.16. The number of nitrogens with two attached hydrogens (primary N) is 1. The molecule has 1 aromatic carbocycles. The molecule has 0 aliphatic carbocycles. The molecule has 2 aromatic rings. The Morgan fingerprint density at radius 3 is 2.65 bits per heavy atom. The second-order valence-corrected chi connectivity index (χ2v) is 4.75. The average molecular weight is 292 g/mol. The van der Waals surface area contributed by atoms with E-state index in [1.54, 1.807) is 12.4 Å². The van der Waals surface area contributed by atoms with E-state index in [-0.39, 0.29) is 6.04 Å². The number of halogens is 1. The van der Waals surface area contributed by atoms with Crippen molar-refractivity contribution < 1.29 is 0 Å². The fourth-order valence-electron chi connectivity index (χ4n) is 1.75. The van der Waals surface area contributed by atoms with Crippen molar-refractivity contribution >= 4 is 15.9 Å². The molecule has 0 radical (unpaired) electrons. The van der Waals surface area contributed by atoms with Gasteiger partial charge in [0.25, 0.3) is 0 Å². The summed E-state index contributed by atoms with van der Waals surface area (Å²) < 4.78 is 1.06. The average Bonchev–Trinajstić information content (AvgIpc) is 2.37. The van der Waals surface area contributed by atoms with Gasteiger partial charge in [-0.3, -0.25) is 16.3 Å². The van der Waals surface area contributed by atoms with Gasteiger partial charge in [-0.25, -0.2) is 0 Å². The maximum atomic E-state index is 5.62. The minimum absolute atomic E-state index is 0.106. The quantitative estimate of drug-likeness (QED) is 0.672. The Balaban J connectivity index is 2.17. The van der Waals surface area contributed by atoms with E-state index in [1.807, 2.05) is 24.3 Å². The van der Waals surface area contributed by atoms with E-state index >= 15 is 0 Å². The number of pyridine rings is 1. The molecule has 1 atom stereocenters. The summed E-state index contributed by atoms with van der Waals surface area (Å²) in [5.74, 6) is 5.62. The Morgan fingerprint density at radius 2 is 2.00 bits per heavy atom. The molecule has 4 heteroatoms. The lowest BCUT2D eigenvalue weighted by atomic mass is 10.0. The summed E-state index contributed by atoms with van der Waals surface area (Å²) in [4.78, 5) is 4.01. The molecule has 3 nitrogen and oxygen atoms in total. The van der Waals surface area contributed by atoms with Crippen LogP contribution >= 0.6 is 15.9 Å². The van der Waals surface area contributed by atoms with Gasteiger partial charge in [-0.1, -0.05) is 28.1 Å². The van der Waals surface area contributed by atoms with E-state index in [0.29, 0.717) is 0 Å². The van der Waals surface area contributed by atoms with E-state index in [4.69, 9.17) is 5.84 Å². The van der Waals surface area contributed by atoms with Crippen LogP contribution in [0.1, 0.15) is 17.2 Å². The lowest BCUT2D eigenvalue weighted by Crippen LogP contribution is -2.29. The summed E-state index contributed by atoms with van der Waals surface area (Å²) in [5.41, 5.74) is 5.23. The molecule has 0 saturated heterocycles. The minimum Gasteiger partial charge on any atom is -0.271 e. The first kappa shape index (κ1) is 12.2. The predicted molar refractivity (Wildman–Crippen MR) is 72.1 cm³/mol. The Hall–Kier alpha value is -1.23. The van der Waals surface area contributed by atoms with Gasteiger partial charge in [-0.05, 0) is 41.8 Å². The topological polar surface area (TPSA) is 50.9 Å². The van der Waals surface area contributed by atoms with Crippen molar-refractivity contribution in [3.05, 3.63) is 64.4 Å². The van der Waals surface area contributed by atoms with Crippen LogP contribution in [0.15, 0.2) is 53.3 Å². The van der Waals surface area contributed by atoms with Crippen molar-refractivity contribution in [3.8, 4) is 0 Å². The van der Waals surface area contributed by atoms with E-state index in [9.17, 15) is 0 Å². The van der Waals surface area contributed by atoms with Gasteiger partial charge in [-0.2, -0.15) is 0 Å². The molecule has 88 valence electrons. The maximum Gasteiger partial charge on any atom is 0.0500 e. The molecule has 0 spiro atoms. The third-order valence-corrected chi connectivity index (χ3v) is 3.13. The zero-order valence-electron chi connectivity index (χ0n) is 9.31. The van der Waals surface area contributed by atoms with Gasteiger partial charge in [0.2, 0.25) is 0 Å². The molecule has 1 heterocycles. The molecular formula is C13H14BrN3. The standard InChI is InChI=1S/C13H14BrN3/c14-12-3-1-2-11(9-12)13(17-15)8-10-4-6-16-7-5-10/h1-7,9,13,17H,8,15H2. The van der Waals surface area contributed by atoms with Crippen LogP contribution in [0.25, 0.3) is 0 Å². The van der Waals surface area contributed by atoms with Crippen LogP contribution in [0.5, 0.6) is 0 Å². The van der Waals surface area contributed by atoms with Gasteiger partial charge in [0, 0.05) is 16.9 Å². The third kappa shape index (κ3) is 3.36. The van der Waals surface area contributed by atoms with Gasteiger partial charge in [0.15, 0.2) is 0 Å². The summed E-state index contributed by atoms with van der Waals surface area (Å²) in [5, 5.41) is 0. The van der Waals surface area contributed by atoms with Crippen LogP contribution < -0.4 is 11.3 Å². The second-order valence-electron chi connectivity index (χ2n) is 3.83. The van der Waals surface area contributed by atoms with Crippen molar-refractivity contribution in [2.75, 3.05) is 0 Å². The van der Waals surface area contributed by atoms with Crippen molar-refractivity contribution in [3.63, 3.8) is 0 Å². The highest BCUT2D eigenvalue weighted by atomic mass is 79.9. The van der Waals surface area contributed by atoms with Crippen LogP contribution in [0, 0.1) is 0 Å². The molecule has 0 amide bonds. The van der Waals surface area contributed by atoms with E-state index in [0.717, 1.165) is 10.9 Å². The summed E-state index contributed by atoms with van der Waals surface area (Å²) in [6, 6.07) is 12.3. The normalized spacial score (nSPS) is 12.4. The van der Waals surface area contributed by atoms with Crippen molar-refractivity contribution in [1.82, 2.24) is 10.4 Å². The third-order valence-electron chi connectivity index (χ3n) is 2.64. The van der Waals surface area contributed by atoms with Crippen LogP contribution in [-0.2, 0) is 6.42 Å². The summed E-state index contributed by atoms with van der Waals surface area (Å²) in [7, 11) is 0. The number of nitrogens with one attached hydrogen (secondary N) is 1. The largest absolute Gasteiger partial charge is 0.271 e. The first-order valence-corrected chi connectivity index (χ1v) is 6.19. The molecule has 2 rings (SSSR count). The van der Waals surface area contributed by atoms with Gasteiger partial charge >= 0.3 is 0 Å². The van der Waals surface area contributed by atoms with E-state index in [2.05, 4.69) is 38.5 Å². The Bertz CT molecular complexity index is 473. The van der Waals surface area contributed by atoms with Crippen molar-refractivity contribution in [2.45, 2.75) is 12.5 Å². The zero-order chi connectivity index (χ0) is 12.1. The predicted octanol–water partition coefficient (Wildman–Crippen LogP) is 2.59. The number of hydrazine groups is 1. The fourth-order valence-corrected chi connectivity index (χ4v) is 2.17. The first-order valence-electron chi connectivity index (χ1n) is 5.40. The van der Waals surface area contributed by atoms with Crippen molar-refractivity contribution in [1.29, 1.82) is 0 Å². The minimum atomic E-state index is 0.106. The summed E-state index contributed by atoms with van der Waals surface area (Å²) >= 11 is 3.47. The molecule has 0 saturated carbocycles. The van der Waals surface area contributed by atoms with Gasteiger partial charge in [0.05, 0.1) is 6.04 Å². The maximum absolute atomic E-state index is 5.62. The highest BCUT2D eigenvalue weighted by Gasteiger charge is 2.10. The number of benzene rings is 1. The summed E-state index contributed by atoms with van der Waals surface area (Å²) in [6.07, 6.45) is 4.43. The number of hydrogen-bond acceptors (Lipinski definition) is 3. The highest BCUT2D eigenvalue weighted by molar-refractivity contribution is 9.10. The lowest BCUT2D eigenvalue weighted by molar-refractivity contribution is 0.551. The van der Waals surface area contributed by atoms with Gasteiger partial charge in [0.1, 0.15) is 0 Å². The second kappa shape index (κ2) is 5.91. The molecular weight excluding hydrogens is 278 g/mol. The molecule has 0 aliphatic rings. The molecule has 0 aliphatic heterocycles. The first-order chi connectivity index (χ1) is 8.29. The van der Waals surface area contributed by atoms with E-state index < -0.39 is 0 Å². The fraction of sp³-hybridized carbons (Fsp3) is 0.154. The highest BCUT2D eigenvalue weighted by Crippen LogP contribution is 2.20. The van der Waals surface area contributed by atoms with Crippen LogP contribution in [0.4, 0.5) is 0 Å². The van der Waals surface area contributed by atoms with Crippen LogP contribution in [-0.4, -0.2) is 4.98 Å². The number of rotatable bonds is 4. The molecule has 1 unspecified atom stereocenters. The Morgan fingerprint density at radius 1 is 1.24 bits per heavy atom. The van der Waals surface area contributed by atoms with Gasteiger partial charge < -0.3 is 0 Å². The Kier molecular flexibility index (Phi) is 4.25. The monoisotopic (exact) mass is 291 g/mol. The molecule has 3 N–H and O–H groups in total. The van der Waals surface area contributed by atoms with Crippen LogP contribution in [0.3, 0.4) is 0 Å². The molecule has 0 fully saturated rings. The van der Waals surface area contributed by atoms with Crippen molar-refractivity contribution in [2.24, 2.45) is 5.84 Å². The number of nitrogens with zero attached hydrogens (tertiary/aromatic N) is 1. The number of hydrogen-bond donors (Lipinski definition) is 2. The zero-order valence-corrected chi connectivity index (χ0v) is 10.9. The van der Waals surface area contributed by atoms with Gasteiger partial charge in [-0.15, -0.1) is 0 Å². The smallest absolute Gasteiger partial charge is 0.0500 e. The van der Waals surface area contributed by atoms with E-state index in [1.165, 1.54) is 11.1 Å². The SMILES string of the molecule is NNC(Cc1ccncc1)c1cccc(Br)c1.